The molecule has 3 nitrogen and oxygen atoms in total. The molecule has 0 aromatic heterocycles. The average molecular weight is 281 g/mol. The molecule has 0 aliphatic heterocycles. The third-order valence-corrected chi connectivity index (χ3v) is 5.06. The Morgan fingerprint density at radius 2 is 1.85 bits per heavy atom. The molecule has 2 saturated carbocycles. The smallest absolute Gasteiger partial charge is 0.0106 e. The molecular weight excluding hydrogens is 246 g/mol. The van der Waals surface area contributed by atoms with Crippen LogP contribution in [0.25, 0.3) is 0 Å². The van der Waals surface area contributed by atoms with E-state index in [2.05, 4.69) is 43.2 Å². The molecule has 2 fully saturated rings. The van der Waals surface area contributed by atoms with Crippen molar-refractivity contribution in [3.8, 4) is 0 Å². The van der Waals surface area contributed by atoms with Gasteiger partial charge in [-0.05, 0) is 58.2 Å². The van der Waals surface area contributed by atoms with Crippen LogP contribution in [0.3, 0.4) is 0 Å². The van der Waals surface area contributed by atoms with Crippen molar-refractivity contribution in [3.05, 3.63) is 0 Å². The Morgan fingerprint density at radius 1 is 1.10 bits per heavy atom. The Kier molecular flexibility index (Phi) is 5.88. The molecule has 0 spiro atoms. The van der Waals surface area contributed by atoms with E-state index in [1.54, 1.807) is 0 Å². The molecule has 2 atom stereocenters. The van der Waals surface area contributed by atoms with Gasteiger partial charge in [-0.3, -0.25) is 0 Å². The van der Waals surface area contributed by atoms with E-state index in [0.717, 1.165) is 18.5 Å². The summed E-state index contributed by atoms with van der Waals surface area (Å²) < 4.78 is 0. The van der Waals surface area contributed by atoms with Crippen LogP contribution >= 0.6 is 0 Å². The first kappa shape index (κ1) is 16.3. The molecular formula is C17H35N3. The first-order valence-corrected chi connectivity index (χ1v) is 8.56. The molecule has 118 valence electrons. The van der Waals surface area contributed by atoms with Gasteiger partial charge in [-0.2, -0.15) is 0 Å². The highest BCUT2D eigenvalue weighted by molar-refractivity contribution is 4.92. The molecule has 3 heteroatoms. The fourth-order valence-corrected chi connectivity index (χ4v) is 3.80. The normalized spacial score (nSPS) is 31.2. The van der Waals surface area contributed by atoms with Gasteiger partial charge in [-0.25, -0.2) is 0 Å². The lowest BCUT2D eigenvalue weighted by Crippen LogP contribution is -2.47. The van der Waals surface area contributed by atoms with Crippen LogP contribution in [0.2, 0.25) is 0 Å². The standard InChI is InChI=1S/C17H35N3/c1-15-6-5-9-17(12-15,13-18-16-7-8-16)14-20(4)11-10-19(2)3/h15-16,18H,5-14H2,1-4H3. The van der Waals surface area contributed by atoms with Crippen LogP contribution in [0.15, 0.2) is 0 Å². The van der Waals surface area contributed by atoms with E-state index in [4.69, 9.17) is 0 Å². The SMILES string of the molecule is CC1CCCC(CNC2CC2)(CN(C)CCN(C)C)C1. The van der Waals surface area contributed by atoms with Gasteiger partial charge in [0.2, 0.25) is 0 Å². The van der Waals surface area contributed by atoms with Gasteiger partial charge in [0.15, 0.2) is 0 Å². The van der Waals surface area contributed by atoms with Gasteiger partial charge < -0.3 is 15.1 Å². The first-order chi connectivity index (χ1) is 9.49. The van der Waals surface area contributed by atoms with Crippen molar-refractivity contribution in [3.63, 3.8) is 0 Å². The van der Waals surface area contributed by atoms with E-state index in [1.165, 1.54) is 58.2 Å². The zero-order valence-corrected chi connectivity index (χ0v) is 14.1. The highest BCUT2D eigenvalue weighted by atomic mass is 15.2. The van der Waals surface area contributed by atoms with Crippen molar-refractivity contribution in [2.24, 2.45) is 11.3 Å². The van der Waals surface area contributed by atoms with Crippen molar-refractivity contribution in [1.29, 1.82) is 0 Å². The number of hydrogen-bond donors (Lipinski definition) is 1. The van der Waals surface area contributed by atoms with Gasteiger partial charge in [-0.1, -0.05) is 19.8 Å². The Labute approximate surface area is 126 Å². The molecule has 2 rings (SSSR count). The second-order valence-corrected chi connectivity index (χ2v) is 7.90. The molecule has 0 aromatic carbocycles. The van der Waals surface area contributed by atoms with Crippen molar-refractivity contribution >= 4 is 0 Å². The topological polar surface area (TPSA) is 18.5 Å². The molecule has 1 N–H and O–H groups in total. The van der Waals surface area contributed by atoms with Crippen molar-refractivity contribution in [2.45, 2.75) is 51.5 Å². The molecule has 0 aromatic rings. The van der Waals surface area contributed by atoms with E-state index >= 15 is 0 Å². The summed E-state index contributed by atoms with van der Waals surface area (Å²) in [5.41, 5.74) is 0.529. The predicted octanol–water partition coefficient (Wildman–Crippen LogP) is 2.43. The van der Waals surface area contributed by atoms with Crippen LogP contribution in [0.4, 0.5) is 0 Å². The number of nitrogens with one attached hydrogen (secondary N) is 1. The summed E-state index contributed by atoms with van der Waals surface area (Å²) in [6.07, 6.45) is 8.51. The lowest BCUT2D eigenvalue weighted by atomic mass is 9.69. The minimum Gasteiger partial charge on any atom is -0.313 e. The van der Waals surface area contributed by atoms with E-state index in [0.29, 0.717) is 5.41 Å². The van der Waals surface area contributed by atoms with Gasteiger partial charge in [0.25, 0.3) is 0 Å². The molecule has 0 amide bonds. The molecule has 20 heavy (non-hydrogen) atoms. The second kappa shape index (κ2) is 7.24. The highest BCUT2D eigenvalue weighted by Gasteiger charge is 2.37. The quantitative estimate of drug-likeness (QED) is 0.737. The number of nitrogens with zero attached hydrogens (tertiary/aromatic N) is 2. The summed E-state index contributed by atoms with van der Waals surface area (Å²) in [6, 6.07) is 0.844. The summed E-state index contributed by atoms with van der Waals surface area (Å²) in [6.45, 7) is 7.31. The predicted molar refractivity (Wildman–Crippen MR) is 87.1 cm³/mol. The van der Waals surface area contributed by atoms with Crippen LogP contribution in [0.5, 0.6) is 0 Å². The third kappa shape index (κ3) is 5.34. The molecule has 2 unspecified atom stereocenters. The number of rotatable bonds is 8. The summed E-state index contributed by atoms with van der Waals surface area (Å²) in [5.74, 6) is 0.909. The Balaban J connectivity index is 1.86. The number of hydrogen-bond acceptors (Lipinski definition) is 3. The Morgan fingerprint density at radius 3 is 2.45 bits per heavy atom. The van der Waals surface area contributed by atoms with Gasteiger partial charge in [-0.15, -0.1) is 0 Å². The zero-order valence-electron chi connectivity index (χ0n) is 14.1. The van der Waals surface area contributed by atoms with Gasteiger partial charge in [0, 0.05) is 32.2 Å². The van der Waals surface area contributed by atoms with Crippen molar-refractivity contribution in [2.75, 3.05) is 47.3 Å². The van der Waals surface area contributed by atoms with Crippen molar-refractivity contribution in [1.82, 2.24) is 15.1 Å². The Bertz CT molecular complexity index is 288. The number of likely N-dealkylation sites (N-methyl/N-ethyl adjacent to an activating group) is 2. The fourth-order valence-electron chi connectivity index (χ4n) is 3.80. The maximum absolute atomic E-state index is 3.82. The largest absolute Gasteiger partial charge is 0.313 e. The summed E-state index contributed by atoms with van der Waals surface area (Å²) >= 11 is 0. The van der Waals surface area contributed by atoms with Crippen LogP contribution in [-0.4, -0.2) is 63.2 Å². The fraction of sp³-hybridized carbons (Fsp3) is 1.00. The zero-order chi connectivity index (χ0) is 14.6. The van der Waals surface area contributed by atoms with E-state index in [9.17, 15) is 0 Å². The lowest BCUT2D eigenvalue weighted by molar-refractivity contribution is 0.0885. The monoisotopic (exact) mass is 281 g/mol. The first-order valence-electron chi connectivity index (χ1n) is 8.56. The minimum absolute atomic E-state index is 0.529. The minimum atomic E-state index is 0.529. The molecule has 2 aliphatic carbocycles. The average Bonchev–Trinajstić information content (AvgIpc) is 3.18. The maximum atomic E-state index is 3.82. The van der Waals surface area contributed by atoms with Crippen LogP contribution in [0, 0.1) is 11.3 Å². The summed E-state index contributed by atoms with van der Waals surface area (Å²) in [7, 11) is 6.64. The van der Waals surface area contributed by atoms with Crippen LogP contribution in [0.1, 0.15) is 45.4 Å². The molecule has 0 heterocycles. The van der Waals surface area contributed by atoms with E-state index in [1.807, 2.05) is 0 Å². The van der Waals surface area contributed by atoms with Crippen molar-refractivity contribution < 1.29 is 0 Å². The second-order valence-electron chi connectivity index (χ2n) is 7.90. The Hall–Kier alpha value is -0.120. The molecule has 0 saturated heterocycles. The maximum Gasteiger partial charge on any atom is 0.0106 e. The van der Waals surface area contributed by atoms with Gasteiger partial charge in [0.05, 0.1) is 0 Å². The third-order valence-electron chi connectivity index (χ3n) is 5.06. The van der Waals surface area contributed by atoms with E-state index in [-0.39, 0.29) is 0 Å². The van der Waals surface area contributed by atoms with Gasteiger partial charge in [0.1, 0.15) is 0 Å². The highest BCUT2D eigenvalue weighted by Crippen LogP contribution is 2.40. The van der Waals surface area contributed by atoms with Crippen LogP contribution < -0.4 is 5.32 Å². The molecule has 0 bridgehead atoms. The molecule has 0 radical (unpaired) electrons. The van der Waals surface area contributed by atoms with E-state index < -0.39 is 0 Å². The van der Waals surface area contributed by atoms with Crippen LogP contribution in [-0.2, 0) is 0 Å². The van der Waals surface area contributed by atoms with Gasteiger partial charge >= 0.3 is 0 Å². The summed E-state index contributed by atoms with van der Waals surface area (Å²) in [5, 5.41) is 3.82. The molecule has 2 aliphatic rings. The summed E-state index contributed by atoms with van der Waals surface area (Å²) in [4.78, 5) is 4.85. The lowest BCUT2D eigenvalue weighted by Gasteiger charge is -2.43.